The summed E-state index contributed by atoms with van der Waals surface area (Å²) in [4.78, 5) is 12.4. The first-order valence-corrected chi connectivity index (χ1v) is 11.0. The van der Waals surface area contributed by atoms with Crippen LogP contribution in [0.3, 0.4) is 0 Å². The van der Waals surface area contributed by atoms with Gasteiger partial charge in [0, 0.05) is 12.2 Å². The molecule has 152 valence electrons. The maximum Gasteiger partial charge on any atom is 0.263 e. The Morgan fingerprint density at radius 2 is 1.76 bits per heavy atom. The van der Waals surface area contributed by atoms with Gasteiger partial charge in [-0.15, -0.1) is 11.3 Å². The van der Waals surface area contributed by atoms with Crippen molar-refractivity contribution in [3.8, 4) is 0 Å². The van der Waals surface area contributed by atoms with Crippen LogP contribution in [-0.2, 0) is 10.0 Å². The number of hydrogen-bond donors (Lipinski definition) is 3. The Balaban J connectivity index is 1.70. The average Bonchev–Trinajstić information content (AvgIpc) is 3.19. The summed E-state index contributed by atoms with van der Waals surface area (Å²) < 4.78 is 40.8. The van der Waals surface area contributed by atoms with Gasteiger partial charge in [-0.3, -0.25) is 9.52 Å². The van der Waals surface area contributed by atoms with E-state index < -0.39 is 27.9 Å². The molecule has 1 unspecified atom stereocenters. The fourth-order valence-corrected chi connectivity index (χ4v) is 4.98. The molecule has 1 aromatic heterocycles. The summed E-state index contributed by atoms with van der Waals surface area (Å²) in [6.45, 7) is 1.74. The van der Waals surface area contributed by atoms with E-state index in [0.717, 1.165) is 16.9 Å². The van der Waals surface area contributed by atoms with Crippen LogP contribution in [0.4, 0.5) is 10.1 Å². The number of hydrogen-bond acceptors (Lipinski definition) is 5. The number of benzene rings is 2. The molecule has 3 N–H and O–H groups in total. The van der Waals surface area contributed by atoms with E-state index in [2.05, 4.69) is 10.0 Å². The number of carbonyl (C=O) groups excluding carboxylic acids is 1. The Morgan fingerprint density at radius 3 is 2.41 bits per heavy atom. The van der Waals surface area contributed by atoms with E-state index in [1.807, 2.05) is 6.92 Å². The van der Waals surface area contributed by atoms with Crippen LogP contribution in [0.25, 0.3) is 0 Å². The van der Waals surface area contributed by atoms with Crippen LogP contribution in [0.2, 0.25) is 0 Å². The molecule has 0 bridgehead atoms. The highest BCUT2D eigenvalue weighted by Gasteiger charge is 2.24. The summed E-state index contributed by atoms with van der Waals surface area (Å²) >= 11 is 0.985. The molecule has 0 saturated carbocycles. The molecule has 0 aliphatic heterocycles. The van der Waals surface area contributed by atoms with Gasteiger partial charge in [-0.2, -0.15) is 0 Å². The molecule has 1 atom stereocenters. The van der Waals surface area contributed by atoms with E-state index in [1.54, 1.807) is 24.3 Å². The number of carbonyl (C=O) groups is 1. The van der Waals surface area contributed by atoms with Gasteiger partial charge < -0.3 is 10.4 Å². The predicted molar refractivity (Wildman–Crippen MR) is 110 cm³/mol. The second-order valence-corrected chi connectivity index (χ2v) is 8.93. The second-order valence-electron chi connectivity index (χ2n) is 6.36. The van der Waals surface area contributed by atoms with Crippen LogP contribution in [0.5, 0.6) is 0 Å². The number of thiophene rings is 1. The number of halogens is 1. The smallest absolute Gasteiger partial charge is 0.263 e. The Bertz CT molecular complexity index is 1090. The summed E-state index contributed by atoms with van der Waals surface area (Å²) in [5.74, 6) is -1.05. The monoisotopic (exact) mass is 434 g/mol. The van der Waals surface area contributed by atoms with Gasteiger partial charge in [0.1, 0.15) is 15.6 Å². The number of aliphatic hydroxyl groups is 1. The SMILES string of the molecule is Cc1ccc(NS(=O)(=O)c2ccsc2C(=O)NCC(O)c2ccc(F)cc2)cc1. The predicted octanol–water partition coefficient (Wildman–Crippen LogP) is 3.46. The molecule has 29 heavy (non-hydrogen) atoms. The number of aryl methyl sites for hydroxylation is 1. The third-order valence-electron chi connectivity index (χ3n) is 4.14. The van der Waals surface area contributed by atoms with Gasteiger partial charge in [-0.25, -0.2) is 12.8 Å². The first kappa shape index (κ1) is 21.0. The molecule has 6 nitrogen and oxygen atoms in total. The van der Waals surface area contributed by atoms with Gasteiger partial charge in [0.2, 0.25) is 0 Å². The van der Waals surface area contributed by atoms with Crippen molar-refractivity contribution in [3.63, 3.8) is 0 Å². The van der Waals surface area contributed by atoms with Gasteiger partial charge in [-0.1, -0.05) is 29.8 Å². The van der Waals surface area contributed by atoms with E-state index in [1.165, 1.54) is 35.7 Å². The first-order valence-electron chi connectivity index (χ1n) is 8.65. The topological polar surface area (TPSA) is 95.5 Å². The number of aliphatic hydroxyl groups excluding tert-OH is 1. The Hall–Kier alpha value is -2.75. The molecule has 0 saturated heterocycles. The molecule has 1 heterocycles. The molecule has 0 radical (unpaired) electrons. The Morgan fingerprint density at radius 1 is 1.10 bits per heavy atom. The zero-order valence-electron chi connectivity index (χ0n) is 15.4. The van der Waals surface area contributed by atoms with Gasteiger partial charge in [-0.05, 0) is 48.2 Å². The fourth-order valence-electron chi connectivity index (χ4n) is 2.58. The number of sulfonamides is 1. The van der Waals surface area contributed by atoms with E-state index in [4.69, 9.17) is 0 Å². The third-order valence-corrected chi connectivity index (χ3v) is 6.61. The summed E-state index contributed by atoms with van der Waals surface area (Å²) in [6, 6.07) is 13.4. The molecule has 0 spiro atoms. The minimum Gasteiger partial charge on any atom is -0.387 e. The van der Waals surface area contributed by atoms with Crippen LogP contribution in [0.15, 0.2) is 64.9 Å². The van der Waals surface area contributed by atoms with Crippen molar-refractivity contribution in [2.75, 3.05) is 11.3 Å². The maximum atomic E-state index is 13.0. The number of amides is 1. The van der Waals surface area contributed by atoms with Gasteiger partial charge in [0.15, 0.2) is 0 Å². The summed E-state index contributed by atoms with van der Waals surface area (Å²) in [5, 5.41) is 14.2. The summed E-state index contributed by atoms with van der Waals surface area (Å²) in [5.41, 5.74) is 1.81. The van der Waals surface area contributed by atoms with Crippen LogP contribution >= 0.6 is 11.3 Å². The highest BCUT2D eigenvalue weighted by atomic mass is 32.2. The number of rotatable bonds is 7. The molecule has 3 rings (SSSR count). The average molecular weight is 435 g/mol. The van der Waals surface area contributed by atoms with Gasteiger partial charge >= 0.3 is 0 Å². The zero-order valence-corrected chi connectivity index (χ0v) is 17.1. The van der Waals surface area contributed by atoms with Crippen LogP contribution in [-0.4, -0.2) is 26.0 Å². The molecule has 1 amide bonds. The maximum absolute atomic E-state index is 13.0. The van der Waals surface area contributed by atoms with Crippen molar-refractivity contribution in [2.24, 2.45) is 0 Å². The van der Waals surface area contributed by atoms with Crippen LogP contribution < -0.4 is 10.0 Å². The molecular formula is C20H19FN2O4S2. The van der Waals surface area contributed by atoms with Crippen LogP contribution in [0, 0.1) is 12.7 Å². The highest BCUT2D eigenvalue weighted by Crippen LogP contribution is 2.25. The Labute approximate surface area is 172 Å². The van der Waals surface area contributed by atoms with Crippen molar-refractivity contribution in [2.45, 2.75) is 17.9 Å². The summed E-state index contributed by atoms with van der Waals surface area (Å²) in [6.07, 6.45) is -1.05. The molecule has 0 aliphatic carbocycles. The largest absolute Gasteiger partial charge is 0.387 e. The lowest BCUT2D eigenvalue weighted by atomic mass is 10.1. The molecule has 2 aromatic carbocycles. The normalized spacial score (nSPS) is 12.4. The van der Waals surface area contributed by atoms with Gasteiger partial charge in [0.25, 0.3) is 15.9 Å². The van der Waals surface area contributed by atoms with Gasteiger partial charge in [0.05, 0.1) is 6.10 Å². The lowest BCUT2D eigenvalue weighted by Crippen LogP contribution is -2.29. The quantitative estimate of drug-likeness (QED) is 0.531. The Kier molecular flexibility index (Phi) is 6.31. The lowest BCUT2D eigenvalue weighted by molar-refractivity contribution is 0.0917. The summed E-state index contributed by atoms with van der Waals surface area (Å²) in [7, 11) is -3.96. The van der Waals surface area contributed by atoms with Crippen molar-refractivity contribution < 1.29 is 22.7 Å². The third kappa shape index (κ3) is 5.20. The van der Waals surface area contributed by atoms with Crippen molar-refractivity contribution in [1.82, 2.24) is 5.32 Å². The molecule has 9 heteroatoms. The number of nitrogens with one attached hydrogen (secondary N) is 2. The molecular weight excluding hydrogens is 415 g/mol. The first-order chi connectivity index (χ1) is 13.8. The van der Waals surface area contributed by atoms with E-state index in [9.17, 15) is 22.7 Å². The number of anilines is 1. The van der Waals surface area contributed by atoms with Crippen molar-refractivity contribution in [3.05, 3.63) is 81.8 Å². The van der Waals surface area contributed by atoms with E-state index >= 15 is 0 Å². The lowest BCUT2D eigenvalue weighted by Gasteiger charge is -2.13. The van der Waals surface area contributed by atoms with E-state index in [-0.39, 0.29) is 16.3 Å². The second kappa shape index (κ2) is 8.73. The van der Waals surface area contributed by atoms with Crippen LogP contribution in [0.1, 0.15) is 26.9 Å². The molecule has 0 fully saturated rings. The fraction of sp³-hybridized carbons (Fsp3) is 0.150. The van der Waals surface area contributed by atoms with Crippen molar-refractivity contribution in [1.29, 1.82) is 0 Å². The molecule has 3 aromatic rings. The standard InChI is InChI=1S/C20H19FN2O4S2/c1-13-2-8-16(9-3-13)23-29(26,27)18-10-11-28-19(18)20(25)22-12-17(24)14-4-6-15(21)7-5-14/h2-11,17,23-24H,12H2,1H3,(H,22,25). The van der Waals surface area contributed by atoms with E-state index in [0.29, 0.717) is 11.3 Å². The minimum atomic E-state index is -3.96. The molecule has 0 aliphatic rings. The minimum absolute atomic E-state index is 0.0101. The van der Waals surface area contributed by atoms with Crippen molar-refractivity contribution >= 4 is 33.0 Å². The zero-order chi connectivity index (χ0) is 21.0. The highest BCUT2D eigenvalue weighted by molar-refractivity contribution is 7.93.